The summed E-state index contributed by atoms with van der Waals surface area (Å²) in [5, 5.41) is 0.644. The number of nitrogens with zero attached hydrogens (tertiary/aromatic N) is 1. The van der Waals surface area contributed by atoms with E-state index in [1.54, 1.807) is 6.07 Å². The Balaban J connectivity index is 1.54. The van der Waals surface area contributed by atoms with Crippen LogP contribution in [-0.2, 0) is 5.41 Å². The maximum absolute atomic E-state index is 13.9. The fourth-order valence-corrected chi connectivity index (χ4v) is 4.67. The molecular weight excluding hydrogens is 468 g/mol. The van der Waals surface area contributed by atoms with E-state index in [4.69, 9.17) is 8.83 Å². The minimum atomic E-state index is -1.07. The van der Waals surface area contributed by atoms with Crippen molar-refractivity contribution in [3.63, 3.8) is 0 Å². The average Bonchev–Trinajstić information content (AvgIpc) is 2.82. The molecule has 2 aromatic carbocycles. The topological polar surface area (TPSA) is 80.7 Å². The molecule has 1 aliphatic rings. The number of allylic oxidation sites excluding steroid dienone is 1. The molecule has 0 atom stereocenters. The van der Waals surface area contributed by atoms with Gasteiger partial charge in [-0.05, 0) is 60.7 Å². The molecule has 2 aromatic heterocycles. The van der Waals surface area contributed by atoms with Crippen molar-refractivity contribution in [2.45, 2.75) is 32.6 Å². The molecule has 6 nitrogen and oxygen atoms in total. The molecule has 0 aliphatic carbocycles. The van der Waals surface area contributed by atoms with Crippen LogP contribution in [0.4, 0.5) is 14.5 Å². The monoisotopic (exact) mass is 491 g/mol. The molecule has 36 heavy (non-hydrogen) atoms. The molecule has 0 radical (unpaired) electrons. The van der Waals surface area contributed by atoms with Gasteiger partial charge in [0.25, 0.3) is 0 Å². The SMILES string of the molecule is CCN1CCC(C)(C)c2cc3cc(/C=C/C(=O)c4cc5cc(F)cc(F)c5oc4=O)c(=O)oc3cc21. The summed E-state index contributed by atoms with van der Waals surface area (Å²) in [7, 11) is 0. The maximum Gasteiger partial charge on any atom is 0.347 e. The Hall–Kier alpha value is -4.07. The highest BCUT2D eigenvalue weighted by Gasteiger charge is 2.31. The van der Waals surface area contributed by atoms with Crippen molar-refractivity contribution in [3.05, 3.63) is 91.6 Å². The lowest BCUT2D eigenvalue weighted by Crippen LogP contribution is -2.37. The van der Waals surface area contributed by atoms with E-state index < -0.39 is 39.8 Å². The summed E-state index contributed by atoms with van der Waals surface area (Å²) in [5.74, 6) is -2.69. The third kappa shape index (κ3) is 4.02. The van der Waals surface area contributed by atoms with Crippen molar-refractivity contribution >= 4 is 39.5 Å². The number of carbonyl (C=O) groups excluding carboxylic acids is 1. The summed E-state index contributed by atoms with van der Waals surface area (Å²) in [6, 6.07) is 8.14. The number of hydrogen-bond donors (Lipinski definition) is 0. The number of halogens is 2. The standard InChI is InChI=1S/C28H23F2NO5/c1-4-31-8-7-28(2,3)20-12-16-9-15(26(33)35-24(16)14-22(20)31)5-6-23(32)19-11-17-10-18(29)13-21(30)25(17)36-27(19)34/h5-6,9-14H,4,7-8H2,1-3H3/b6-5+. The van der Waals surface area contributed by atoms with E-state index in [1.165, 1.54) is 6.08 Å². The largest absolute Gasteiger partial charge is 0.422 e. The fourth-order valence-electron chi connectivity index (χ4n) is 4.67. The van der Waals surface area contributed by atoms with Gasteiger partial charge in [0.15, 0.2) is 17.2 Å². The minimum Gasteiger partial charge on any atom is -0.422 e. The van der Waals surface area contributed by atoms with Crippen molar-refractivity contribution < 1.29 is 22.4 Å². The van der Waals surface area contributed by atoms with Crippen LogP contribution in [0, 0.1) is 11.6 Å². The molecule has 0 bridgehead atoms. The average molecular weight is 491 g/mol. The van der Waals surface area contributed by atoms with E-state index in [-0.39, 0.29) is 16.4 Å². The molecule has 0 amide bonds. The second-order valence-electron chi connectivity index (χ2n) is 9.56. The summed E-state index contributed by atoms with van der Waals surface area (Å²) in [4.78, 5) is 39.8. The fraction of sp³-hybridized carbons (Fsp3) is 0.250. The molecule has 1 aliphatic heterocycles. The summed E-state index contributed by atoms with van der Waals surface area (Å²) in [6.45, 7) is 8.18. The Morgan fingerprint density at radius 3 is 2.56 bits per heavy atom. The molecule has 3 heterocycles. The van der Waals surface area contributed by atoms with Crippen molar-refractivity contribution in [1.82, 2.24) is 0 Å². The van der Waals surface area contributed by atoms with Gasteiger partial charge in [0.2, 0.25) is 0 Å². The van der Waals surface area contributed by atoms with Gasteiger partial charge in [0, 0.05) is 41.7 Å². The smallest absolute Gasteiger partial charge is 0.347 e. The van der Waals surface area contributed by atoms with Gasteiger partial charge >= 0.3 is 11.3 Å². The summed E-state index contributed by atoms with van der Waals surface area (Å²) in [6.07, 6.45) is 3.28. The highest BCUT2D eigenvalue weighted by Crippen LogP contribution is 2.41. The third-order valence-corrected chi connectivity index (χ3v) is 6.77. The molecule has 0 saturated carbocycles. The molecule has 0 unspecified atom stereocenters. The van der Waals surface area contributed by atoms with Gasteiger partial charge < -0.3 is 13.7 Å². The third-order valence-electron chi connectivity index (χ3n) is 6.77. The van der Waals surface area contributed by atoms with Crippen LogP contribution in [0.3, 0.4) is 0 Å². The van der Waals surface area contributed by atoms with Crippen molar-refractivity contribution in [2.24, 2.45) is 0 Å². The first-order valence-electron chi connectivity index (χ1n) is 11.6. The molecule has 184 valence electrons. The zero-order valence-corrected chi connectivity index (χ0v) is 20.0. The minimum absolute atomic E-state index is 0.0552. The maximum atomic E-state index is 13.9. The second kappa shape index (κ2) is 8.55. The van der Waals surface area contributed by atoms with Gasteiger partial charge in [-0.3, -0.25) is 4.79 Å². The van der Waals surface area contributed by atoms with Gasteiger partial charge in [0.05, 0.1) is 5.56 Å². The number of fused-ring (bicyclic) bond motifs is 3. The van der Waals surface area contributed by atoms with Crippen LogP contribution >= 0.6 is 0 Å². The predicted octanol–water partition coefficient (Wildman–Crippen LogP) is 5.58. The van der Waals surface area contributed by atoms with E-state index in [0.29, 0.717) is 17.0 Å². The first-order chi connectivity index (χ1) is 17.1. The Labute approximate surface area is 204 Å². The van der Waals surface area contributed by atoms with Crippen LogP contribution in [0.2, 0.25) is 0 Å². The number of anilines is 1. The molecular formula is C28H23F2NO5. The van der Waals surface area contributed by atoms with E-state index in [9.17, 15) is 23.2 Å². The molecule has 8 heteroatoms. The zero-order valence-electron chi connectivity index (χ0n) is 20.0. The van der Waals surface area contributed by atoms with Crippen LogP contribution < -0.4 is 16.2 Å². The van der Waals surface area contributed by atoms with E-state index in [2.05, 4.69) is 25.7 Å². The first-order valence-corrected chi connectivity index (χ1v) is 11.6. The van der Waals surface area contributed by atoms with Gasteiger partial charge in [-0.1, -0.05) is 13.8 Å². The molecule has 0 N–H and O–H groups in total. The number of rotatable bonds is 4. The summed E-state index contributed by atoms with van der Waals surface area (Å²) >= 11 is 0. The highest BCUT2D eigenvalue weighted by molar-refractivity contribution is 6.08. The number of ketones is 1. The van der Waals surface area contributed by atoms with Gasteiger partial charge in [-0.2, -0.15) is 0 Å². The summed E-state index contributed by atoms with van der Waals surface area (Å²) < 4.78 is 37.9. The summed E-state index contributed by atoms with van der Waals surface area (Å²) in [5.41, 5.74) is 0.142. The molecule has 0 saturated heterocycles. The van der Waals surface area contributed by atoms with Crippen molar-refractivity contribution in [3.8, 4) is 0 Å². The van der Waals surface area contributed by atoms with Gasteiger partial charge in [0.1, 0.15) is 17.0 Å². The van der Waals surface area contributed by atoms with Crippen LogP contribution in [0.1, 0.15) is 48.7 Å². The van der Waals surface area contributed by atoms with Crippen molar-refractivity contribution in [1.29, 1.82) is 0 Å². The van der Waals surface area contributed by atoms with E-state index in [0.717, 1.165) is 49.0 Å². The van der Waals surface area contributed by atoms with E-state index in [1.807, 2.05) is 12.1 Å². The number of hydrogen-bond acceptors (Lipinski definition) is 6. The lowest BCUT2D eigenvalue weighted by Gasteiger charge is -2.40. The number of benzene rings is 2. The number of carbonyl (C=O) groups is 1. The van der Waals surface area contributed by atoms with Gasteiger partial charge in [-0.15, -0.1) is 0 Å². The van der Waals surface area contributed by atoms with Gasteiger partial charge in [-0.25, -0.2) is 18.4 Å². The van der Waals surface area contributed by atoms with Crippen LogP contribution in [-0.4, -0.2) is 18.9 Å². The quantitative estimate of drug-likeness (QED) is 0.211. The molecule has 4 aromatic rings. The van der Waals surface area contributed by atoms with Crippen LogP contribution in [0.25, 0.3) is 28.0 Å². The normalized spacial score (nSPS) is 15.1. The lowest BCUT2D eigenvalue weighted by atomic mass is 9.77. The lowest BCUT2D eigenvalue weighted by molar-refractivity contribution is 0.104. The first kappa shape index (κ1) is 23.7. The Morgan fingerprint density at radius 1 is 1.03 bits per heavy atom. The predicted molar refractivity (Wildman–Crippen MR) is 134 cm³/mol. The second-order valence-corrected chi connectivity index (χ2v) is 9.56. The Bertz CT molecular complexity index is 1700. The van der Waals surface area contributed by atoms with Crippen LogP contribution in [0.5, 0.6) is 0 Å². The van der Waals surface area contributed by atoms with Crippen molar-refractivity contribution in [2.75, 3.05) is 18.0 Å². The molecule has 0 spiro atoms. The Kier molecular flexibility index (Phi) is 5.62. The molecule has 5 rings (SSSR count). The zero-order chi connectivity index (χ0) is 25.8. The highest BCUT2D eigenvalue weighted by atomic mass is 19.1. The Morgan fingerprint density at radius 2 is 1.81 bits per heavy atom. The van der Waals surface area contributed by atoms with E-state index >= 15 is 0 Å². The molecule has 0 fully saturated rings. The van der Waals surface area contributed by atoms with Crippen LogP contribution in [0.15, 0.2) is 60.9 Å².